The van der Waals surface area contributed by atoms with Gasteiger partial charge in [0, 0.05) is 29.3 Å². The minimum atomic E-state index is -3.75. The molecule has 0 saturated heterocycles. The zero-order valence-electron chi connectivity index (χ0n) is 16.2. The molecule has 0 atom stereocenters. The lowest BCUT2D eigenvalue weighted by atomic mass is 10.2. The van der Waals surface area contributed by atoms with E-state index in [0.717, 1.165) is 22.6 Å². The van der Waals surface area contributed by atoms with E-state index >= 15 is 0 Å². The maximum atomic E-state index is 13.2. The Balaban J connectivity index is 1.97. The van der Waals surface area contributed by atoms with E-state index in [-0.39, 0.29) is 11.4 Å². The number of hydrogen-bond acceptors (Lipinski definition) is 4. The van der Waals surface area contributed by atoms with E-state index in [1.54, 1.807) is 25.2 Å². The van der Waals surface area contributed by atoms with Crippen LogP contribution in [-0.4, -0.2) is 36.7 Å². The molecule has 0 bridgehead atoms. The second-order valence-corrected chi connectivity index (χ2v) is 9.38. The number of aryl methyl sites for hydroxylation is 1. The molecule has 8 heteroatoms. The highest BCUT2D eigenvalue weighted by Gasteiger charge is 2.27. The van der Waals surface area contributed by atoms with E-state index in [4.69, 9.17) is 4.74 Å². The molecule has 1 aromatic heterocycles. The number of hydrogen-bond donors (Lipinski definition) is 0. The molecule has 0 amide bonds. The molecule has 0 radical (unpaired) electrons. The summed E-state index contributed by atoms with van der Waals surface area (Å²) >= 11 is 3.33. The Kier molecular flexibility index (Phi) is 5.92. The number of methoxy groups -OCH3 is 1. The number of aromatic nitrogens is 2. The number of rotatable bonds is 6. The molecule has 0 N–H and O–H groups in total. The smallest absolute Gasteiger partial charge is 0.246 e. The van der Waals surface area contributed by atoms with Crippen LogP contribution < -0.4 is 4.74 Å². The van der Waals surface area contributed by atoms with Crippen molar-refractivity contribution < 1.29 is 13.2 Å². The summed E-state index contributed by atoms with van der Waals surface area (Å²) < 4.78 is 35.4. The Bertz CT molecular complexity index is 1100. The fraction of sp³-hybridized carbons (Fsp3) is 0.250. The van der Waals surface area contributed by atoms with Gasteiger partial charge in [-0.05, 0) is 44.2 Å². The van der Waals surface area contributed by atoms with Gasteiger partial charge >= 0.3 is 0 Å². The van der Waals surface area contributed by atoms with Crippen molar-refractivity contribution in [2.45, 2.75) is 25.3 Å². The molecular weight excluding hydrogens is 442 g/mol. The van der Waals surface area contributed by atoms with Gasteiger partial charge in [-0.2, -0.15) is 9.40 Å². The summed E-state index contributed by atoms with van der Waals surface area (Å²) in [5.41, 5.74) is 3.52. The lowest BCUT2D eigenvalue weighted by Gasteiger charge is -2.19. The van der Waals surface area contributed by atoms with Crippen LogP contribution in [0.5, 0.6) is 5.75 Å². The summed E-state index contributed by atoms with van der Waals surface area (Å²) in [5.74, 6) is 0.309. The van der Waals surface area contributed by atoms with Crippen LogP contribution in [0.3, 0.4) is 0 Å². The third-order valence-electron chi connectivity index (χ3n) is 4.64. The minimum absolute atomic E-state index is 0.123. The van der Waals surface area contributed by atoms with Crippen molar-refractivity contribution in [2.75, 3.05) is 14.2 Å². The molecule has 0 aliphatic rings. The van der Waals surface area contributed by atoms with Crippen molar-refractivity contribution in [1.82, 2.24) is 14.1 Å². The third-order valence-corrected chi connectivity index (χ3v) is 6.95. The van der Waals surface area contributed by atoms with Crippen LogP contribution in [0.1, 0.15) is 17.0 Å². The molecule has 6 nitrogen and oxygen atoms in total. The molecule has 28 heavy (non-hydrogen) atoms. The van der Waals surface area contributed by atoms with Gasteiger partial charge in [-0.3, -0.25) is 0 Å². The van der Waals surface area contributed by atoms with Gasteiger partial charge in [0.05, 0.1) is 18.5 Å². The van der Waals surface area contributed by atoms with Gasteiger partial charge in [0.1, 0.15) is 10.6 Å². The first kappa shape index (κ1) is 20.6. The highest BCUT2D eigenvalue weighted by molar-refractivity contribution is 9.10. The van der Waals surface area contributed by atoms with Crippen molar-refractivity contribution in [3.8, 4) is 11.4 Å². The van der Waals surface area contributed by atoms with Gasteiger partial charge in [-0.15, -0.1) is 0 Å². The molecular formula is C20H22BrN3O3S. The number of para-hydroxylation sites is 1. The Morgan fingerprint density at radius 2 is 1.82 bits per heavy atom. The largest absolute Gasteiger partial charge is 0.495 e. The van der Waals surface area contributed by atoms with Crippen LogP contribution in [0.15, 0.2) is 57.9 Å². The Labute approximate surface area is 173 Å². The molecule has 0 saturated carbocycles. The molecule has 0 aliphatic heterocycles. The third kappa shape index (κ3) is 3.85. The first-order chi connectivity index (χ1) is 13.3. The van der Waals surface area contributed by atoms with Gasteiger partial charge in [-0.25, -0.2) is 13.1 Å². The zero-order valence-corrected chi connectivity index (χ0v) is 18.6. The number of sulfonamides is 1. The summed E-state index contributed by atoms with van der Waals surface area (Å²) in [4.78, 5) is 0.123. The normalized spacial score (nSPS) is 11.8. The van der Waals surface area contributed by atoms with Gasteiger partial charge in [0.2, 0.25) is 10.0 Å². The quantitative estimate of drug-likeness (QED) is 0.552. The summed E-state index contributed by atoms with van der Waals surface area (Å²) in [5, 5.41) is 4.60. The standard InChI is InChI=1S/C20H22BrN3O3S/c1-14-18(15(2)24(22-14)17-8-6-5-7-9-17)13-23(3)28(25,26)20-12-16(21)10-11-19(20)27-4/h5-12H,13H2,1-4H3. The molecule has 0 aliphatic carbocycles. The number of ether oxygens (including phenoxy) is 1. The average Bonchev–Trinajstić information content (AvgIpc) is 2.96. The van der Waals surface area contributed by atoms with E-state index in [2.05, 4.69) is 21.0 Å². The molecule has 0 unspecified atom stereocenters. The van der Waals surface area contributed by atoms with Crippen molar-refractivity contribution in [3.63, 3.8) is 0 Å². The number of nitrogens with zero attached hydrogens (tertiary/aromatic N) is 3. The summed E-state index contributed by atoms with van der Waals surface area (Å²) in [7, 11) is -0.727. The maximum Gasteiger partial charge on any atom is 0.246 e. The summed E-state index contributed by atoms with van der Waals surface area (Å²) in [6.45, 7) is 4.05. The van der Waals surface area contributed by atoms with Crippen LogP contribution in [0.4, 0.5) is 0 Å². The topological polar surface area (TPSA) is 64.4 Å². The van der Waals surface area contributed by atoms with E-state index in [1.165, 1.54) is 11.4 Å². The Morgan fingerprint density at radius 3 is 2.46 bits per heavy atom. The van der Waals surface area contributed by atoms with Crippen LogP contribution in [-0.2, 0) is 16.6 Å². The SMILES string of the molecule is COc1ccc(Br)cc1S(=O)(=O)N(C)Cc1c(C)nn(-c2ccccc2)c1C. The van der Waals surface area contributed by atoms with Crippen LogP contribution in [0.25, 0.3) is 5.69 Å². The summed E-state index contributed by atoms with van der Waals surface area (Å²) in [6, 6.07) is 14.7. The Morgan fingerprint density at radius 1 is 1.14 bits per heavy atom. The molecule has 2 aromatic carbocycles. The van der Waals surface area contributed by atoms with Gasteiger partial charge in [0.15, 0.2) is 0 Å². The second kappa shape index (κ2) is 8.06. The minimum Gasteiger partial charge on any atom is -0.495 e. The first-order valence-corrected chi connectivity index (χ1v) is 10.9. The lowest BCUT2D eigenvalue weighted by Crippen LogP contribution is -2.27. The van der Waals surface area contributed by atoms with Crippen molar-refractivity contribution in [3.05, 3.63) is 70.0 Å². The Hall–Kier alpha value is -2.16. The van der Waals surface area contributed by atoms with Crippen LogP contribution in [0, 0.1) is 13.8 Å². The molecule has 148 valence electrons. The predicted molar refractivity (Wildman–Crippen MR) is 112 cm³/mol. The monoisotopic (exact) mass is 463 g/mol. The molecule has 3 aromatic rings. The zero-order chi connectivity index (χ0) is 20.5. The fourth-order valence-electron chi connectivity index (χ4n) is 3.05. The molecule has 0 fully saturated rings. The fourth-order valence-corrected chi connectivity index (χ4v) is 4.88. The van der Waals surface area contributed by atoms with Gasteiger partial charge < -0.3 is 4.74 Å². The van der Waals surface area contributed by atoms with E-state index < -0.39 is 10.0 Å². The van der Waals surface area contributed by atoms with E-state index in [1.807, 2.05) is 48.9 Å². The van der Waals surface area contributed by atoms with Crippen molar-refractivity contribution in [2.24, 2.45) is 0 Å². The molecule has 0 spiro atoms. The lowest BCUT2D eigenvalue weighted by molar-refractivity contribution is 0.397. The number of halogens is 1. The highest BCUT2D eigenvalue weighted by Crippen LogP contribution is 2.30. The van der Waals surface area contributed by atoms with E-state index in [9.17, 15) is 8.42 Å². The average molecular weight is 464 g/mol. The van der Waals surface area contributed by atoms with Crippen molar-refractivity contribution >= 4 is 26.0 Å². The summed E-state index contributed by atoms with van der Waals surface area (Å²) in [6.07, 6.45) is 0. The van der Waals surface area contributed by atoms with Crippen molar-refractivity contribution in [1.29, 1.82) is 0 Å². The highest BCUT2D eigenvalue weighted by atomic mass is 79.9. The van der Waals surface area contributed by atoms with E-state index in [0.29, 0.717) is 10.2 Å². The van der Waals surface area contributed by atoms with Gasteiger partial charge in [-0.1, -0.05) is 34.1 Å². The maximum absolute atomic E-state index is 13.2. The van der Waals surface area contributed by atoms with Crippen LogP contribution in [0.2, 0.25) is 0 Å². The number of benzene rings is 2. The molecule has 3 rings (SSSR count). The van der Waals surface area contributed by atoms with Gasteiger partial charge in [0.25, 0.3) is 0 Å². The molecule has 1 heterocycles. The predicted octanol–water partition coefficient (Wildman–Crippen LogP) is 4.08. The second-order valence-electron chi connectivity index (χ2n) is 6.45. The first-order valence-electron chi connectivity index (χ1n) is 8.66. The van der Waals surface area contributed by atoms with Crippen LogP contribution >= 0.6 is 15.9 Å².